The summed E-state index contributed by atoms with van der Waals surface area (Å²) in [5.41, 5.74) is 1.19. The Morgan fingerprint density at radius 1 is 1.26 bits per heavy atom. The Hall–Kier alpha value is -1.49. The van der Waals surface area contributed by atoms with Gasteiger partial charge in [0.1, 0.15) is 0 Å². The molecule has 0 aliphatic rings. The molecule has 5 heteroatoms. The molecule has 1 aromatic rings. The largest absolute Gasteiger partial charge is 0.481 e. The monoisotopic (exact) mass is 281 g/mol. The average Bonchev–Trinajstić information content (AvgIpc) is 2.38. The molecule has 4 nitrogen and oxygen atoms in total. The lowest BCUT2D eigenvalue weighted by Gasteiger charge is -2.19. The van der Waals surface area contributed by atoms with Crippen molar-refractivity contribution in [2.75, 3.05) is 18.8 Å². The quantitative estimate of drug-likeness (QED) is 0.780. The van der Waals surface area contributed by atoms with Gasteiger partial charge < -0.3 is 10.0 Å². The van der Waals surface area contributed by atoms with E-state index in [1.54, 1.807) is 4.90 Å². The van der Waals surface area contributed by atoms with Crippen molar-refractivity contribution in [1.82, 2.24) is 4.90 Å². The molecule has 0 aromatic heterocycles. The van der Waals surface area contributed by atoms with Crippen LogP contribution in [0.2, 0.25) is 0 Å². The molecule has 0 saturated carbocycles. The van der Waals surface area contributed by atoms with E-state index < -0.39 is 5.97 Å². The van der Waals surface area contributed by atoms with E-state index in [4.69, 9.17) is 5.11 Å². The van der Waals surface area contributed by atoms with Crippen molar-refractivity contribution in [3.8, 4) is 0 Å². The van der Waals surface area contributed by atoms with Crippen LogP contribution in [0.15, 0.2) is 29.2 Å². The lowest BCUT2D eigenvalue weighted by atomic mass is 10.2. The smallest absolute Gasteiger partial charge is 0.305 e. The van der Waals surface area contributed by atoms with Crippen LogP contribution in [-0.2, 0) is 9.59 Å². The van der Waals surface area contributed by atoms with Gasteiger partial charge in [-0.3, -0.25) is 9.59 Å². The molecule has 1 aromatic carbocycles. The minimum absolute atomic E-state index is 0.00518. The van der Waals surface area contributed by atoms with E-state index in [9.17, 15) is 9.59 Å². The van der Waals surface area contributed by atoms with Crippen LogP contribution in [0.5, 0.6) is 0 Å². The molecule has 0 fully saturated rings. The molecule has 0 aliphatic carbocycles. The second-order valence-corrected chi connectivity index (χ2v) is 5.27. The maximum absolute atomic E-state index is 11.9. The Kier molecular flexibility index (Phi) is 6.42. The van der Waals surface area contributed by atoms with Gasteiger partial charge in [-0.05, 0) is 26.0 Å². The Morgan fingerprint density at radius 3 is 2.42 bits per heavy atom. The van der Waals surface area contributed by atoms with Crippen LogP contribution in [0.25, 0.3) is 0 Å². The third-order valence-corrected chi connectivity index (χ3v) is 3.71. The highest BCUT2D eigenvalue weighted by atomic mass is 32.2. The average molecular weight is 281 g/mol. The van der Waals surface area contributed by atoms with E-state index in [0.29, 0.717) is 12.3 Å². The highest BCUT2D eigenvalue weighted by molar-refractivity contribution is 8.00. The summed E-state index contributed by atoms with van der Waals surface area (Å²) in [5, 5.41) is 8.63. The Morgan fingerprint density at radius 2 is 1.89 bits per heavy atom. The van der Waals surface area contributed by atoms with Gasteiger partial charge in [0.15, 0.2) is 0 Å². The third kappa shape index (κ3) is 5.79. The fraction of sp³-hybridized carbons (Fsp3) is 0.429. The molecule has 0 atom stereocenters. The SMILES string of the molecule is CCN(CCC(=O)O)C(=O)CSc1ccc(C)cc1. The molecule has 1 amide bonds. The molecular formula is C14H19NO3S. The van der Waals surface area contributed by atoms with Gasteiger partial charge in [-0.15, -0.1) is 11.8 Å². The molecule has 0 unspecified atom stereocenters. The van der Waals surface area contributed by atoms with Crippen molar-refractivity contribution in [1.29, 1.82) is 0 Å². The van der Waals surface area contributed by atoms with Gasteiger partial charge in [0.25, 0.3) is 0 Å². The van der Waals surface area contributed by atoms with Crippen LogP contribution < -0.4 is 0 Å². The molecule has 0 radical (unpaired) electrons. The summed E-state index contributed by atoms with van der Waals surface area (Å²) in [6.07, 6.45) is -0.00518. The number of hydrogen-bond acceptors (Lipinski definition) is 3. The molecule has 0 spiro atoms. The number of benzene rings is 1. The highest BCUT2D eigenvalue weighted by Crippen LogP contribution is 2.18. The molecular weight excluding hydrogens is 262 g/mol. The first-order chi connectivity index (χ1) is 9.02. The van der Waals surface area contributed by atoms with Crippen molar-refractivity contribution in [2.45, 2.75) is 25.2 Å². The Balaban J connectivity index is 2.44. The van der Waals surface area contributed by atoms with Crippen LogP contribution >= 0.6 is 11.8 Å². The number of nitrogens with zero attached hydrogens (tertiary/aromatic N) is 1. The number of carbonyl (C=O) groups is 2. The van der Waals surface area contributed by atoms with E-state index in [2.05, 4.69) is 0 Å². The van der Waals surface area contributed by atoms with Crippen molar-refractivity contribution in [2.24, 2.45) is 0 Å². The van der Waals surface area contributed by atoms with Crippen LogP contribution in [0.4, 0.5) is 0 Å². The normalized spacial score (nSPS) is 10.2. The van der Waals surface area contributed by atoms with Crippen molar-refractivity contribution in [3.63, 3.8) is 0 Å². The maximum Gasteiger partial charge on any atom is 0.305 e. The molecule has 0 heterocycles. The van der Waals surface area contributed by atoms with Crippen molar-refractivity contribution >= 4 is 23.6 Å². The van der Waals surface area contributed by atoms with Gasteiger partial charge in [0.2, 0.25) is 5.91 Å². The minimum atomic E-state index is -0.877. The van der Waals surface area contributed by atoms with Crippen LogP contribution in [0.1, 0.15) is 18.9 Å². The molecule has 19 heavy (non-hydrogen) atoms. The summed E-state index contributed by atoms with van der Waals surface area (Å²) in [4.78, 5) is 25.1. The van der Waals surface area contributed by atoms with Crippen LogP contribution in [0.3, 0.4) is 0 Å². The second-order valence-electron chi connectivity index (χ2n) is 4.22. The van der Waals surface area contributed by atoms with Crippen molar-refractivity contribution in [3.05, 3.63) is 29.8 Å². The highest BCUT2D eigenvalue weighted by Gasteiger charge is 2.13. The standard InChI is InChI=1S/C14H19NO3S/c1-3-15(9-8-14(17)18)13(16)10-19-12-6-4-11(2)5-7-12/h4-7H,3,8-10H2,1-2H3,(H,17,18). The van der Waals surface area contributed by atoms with Gasteiger partial charge in [0, 0.05) is 18.0 Å². The number of amides is 1. The first-order valence-electron chi connectivity index (χ1n) is 6.22. The van der Waals surface area contributed by atoms with E-state index in [-0.39, 0.29) is 18.9 Å². The van der Waals surface area contributed by atoms with E-state index in [1.807, 2.05) is 38.1 Å². The first-order valence-corrected chi connectivity index (χ1v) is 7.20. The number of rotatable bonds is 7. The van der Waals surface area contributed by atoms with Crippen LogP contribution in [0, 0.1) is 6.92 Å². The van der Waals surface area contributed by atoms with Crippen molar-refractivity contribution < 1.29 is 14.7 Å². The second kappa shape index (κ2) is 7.84. The number of hydrogen-bond donors (Lipinski definition) is 1. The van der Waals surface area contributed by atoms with Gasteiger partial charge >= 0.3 is 5.97 Å². The molecule has 104 valence electrons. The summed E-state index contributed by atoms with van der Waals surface area (Å²) >= 11 is 1.48. The van der Waals surface area contributed by atoms with Gasteiger partial charge in [-0.1, -0.05) is 17.7 Å². The summed E-state index contributed by atoms with van der Waals surface area (Å²) in [6.45, 7) is 4.69. The van der Waals surface area contributed by atoms with Gasteiger partial charge in [-0.2, -0.15) is 0 Å². The molecule has 0 aliphatic heterocycles. The summed E-state index contributed by atoms with van der Waals surface area (Å²) < 4.78 is 0. The first kappa shape index (κ1) is 15.6. The van der Waals surface area contributed by atoms with Gasteiger partial charge in [-0.25, -0.2) is 0 Å². The maximum atomic E-state index is 11.9. The lowest BCUT2D eigenvalue weighted by molar-refractivity contribution is -0.138. The molecule has 1 N–H and O–H groups in total. The number of carbonyl (C=O) groups excluding carboxylic acids is 1. The van der Waals surface area contributed by atoms with Gasteiger partial charge in [0.05, 0.1) is 12.2 Å². The molecule has 1 rings (SSSR count). The summed E-state index contributed by atoms with van der Waals surface area (Å²) in [6, 6.07) is 7.99. The Bertz CT molecular complexity index is 431. The number of thioether (sulfide) groups is 1. The van der Waals surface area contributed by atoms with Crippen LogP contribution in [-0.4, -0.2) is 40.7 Å². The predicted molar refractivity (Wildman–Crippen MR) is 76.4 cm³/mol. The zero-order valence-corrected chi connectivity index (χ0v) is 12.1. The van der Waals surface area contributed by atoms with E-state index in [0.717, 1.165) is 4.90 Å². The van der Waals surface area contributed by atoms with E-state index in [1.165, 1.54) is 17.3 Å². The Labute approximate surface area is 117 Å². The lowest BCUT2D eigenvalue weighted by Crippen LogP contribution is -2.34. The zero-order valence-electron chi connectivity index (χ0n) is 11.3. The summed E-state index contributed by atoms with van der Waals surface area (Å²) in [7, 11) is 0. The fourth-order valence-corrected chi connectivity index (χ4v) is 2.36. The molecule has 0 bridgehead atoms. The topological polar surface area (TPSA) is 57.6 Å². The zero-order chi connectivity index (χ0) is 14.3. The molecule has 0 saturated heterocycles. The summed E-state index contributed by atoms with van der Waals surface area (Å²) in [5.74, 6) is -0.553. The number of aryl methyl sites for hydroxylation is 1. The minimum Gasteiger partial charge on any atom is -0.481 e. The van der Waals surface area contributed by atoms with E-state index >= 15 is 0 Å². The predicted octanol–water partition coefficient (Wildman–Crippen LogP) is 2.41. The fourth-order valence-electron chi connectivity index (χ4n) is 1.56. The number of aliphatic carboxylic acids is 1. The third-order valence-electron chi connectivity index (χ3n) is 2.71. The number of carboxylic acids is 1. The number of carboxylic acid groups (broad SMARTS) is 1.